The van der Waals surface area contributed by atoms with E-state index in [0.29, 0.717) is 12.6 Å². The third kappa shape index (κ3) is 6.04. The van der Waals surface area contributed by atoms with E-state index in [4.69, 9.17) is 9.47 Å². The molecule has 0 saturated heterocycles. The number of rotatable bonds is 8. The Morgan fingerprint density at radius 3 is 2.90 bits per heavy atom. The number of hydrogen-bond donors (Lipinski definition) is 2. The molecule has 5 nitrogen and oxygen atoms in total. The average Bonchev–Trinajstić information content (AvgIpc) is 3.32. The second-order valence-corrected chi connectivity index (χ2v) is 5.19. The molecule has 0 aliphatic heterocycles. The van der Waals surface area contributed by atoms with Gasteiger partial charge in [-0.15, -0.1) is 0 Å². The van der Waals surface area contributed by atoms with Crippen molar-refractivity contribution in [2.75, 3.05) is 27.4 Å². The Labute approximate surface area is 126 Å². The molecule has 0 amide bonds. The van der Waals surface area contributed by atoms with E-state index < -0.39 is 0 Å². The lowest BCUT2D eigenvalue weighted by Gasteiger charge is -2.12. The predicted molar refractivity (Wildman–Crippen MR) is 84.8 cm³/mol. The van der Waals surface area contributed by atoms with Crippen LogP contribution in [0.15, 0.2) is 29.3 Å². The normalized spacial score (nSPS) is 14.9. The number of aliphatic imine (C=N–C) groups is 1. The van der Waals surface area contributed by atoms with Crippen LogP contribution in [-0.2, 0) is 11.3 Å². The standard InChI is InChI=1S/C16H25N3O2/c1-17-16(19-14-7-8-14)18-12-13-5-3-6-15(11-13)21-10-4-9-20-2/h3,5-6,11,14H,4,7-10,12H2,1-2H3,(H2,17,18,19). The van der Waals surface area contributed by atoms with E-state index in [1.54, 1.807) is 14.2 Å². The highest BCUT2D eigenvalue weighted by molar-refractivity contribution is 5.80. The second-order valence-electron chi connectivity index (χ2n) is 5.19. The summed E-state index contributed by atoms with van der Waals surface area (Å²) in [5, 5.41) is 6.69. The van der Waals surface area contributed by atoms with Gasteiger partial charge in [-0.3, -0.25) is 4.99 Å². The zero-order valence-corrected chi connectivity index (χ0v) is 12.9. The topological polar surface area (TPSA) is 54.9 Å². The molecule has 116 valence electrons. The molecule has 0 heterocycles. The van der Waals surface area contributed by atoms with Gasteiger partial charge in [0.05, 0.1) is 6.61 Å². The second kappa shape index (κ2) is 8.52. The van der Waals surface area contributed by atoms with Gasteiger partial charge in [0.15, 0.2) is 5.96 Å². The molecule has 1 aliphatic rings. The summed E-state index contributed by atoms with van der Waals surface area (Å²) in [6, 6.07) is 8.74. The van der Waals surface area contributed by atoms with Crippen molar-refractivity contribution in [1.29, 1.82) is 0 Å². The lowest BCUT2D eigenvalue weighted by Crippen LogP contribution is -2.38. The van der Waals surface area contributed by atoms with Gasteiger partial charge in [0.1, 0.15) is 5.75 Å². The first-order chi connectivity index (χ1) is 10.3. The fraction of sp³-hybridized carbons (Fsp3) is 0.562. The SMILES string of the molecule is CN=C(NCc1cccc(OCCCOC)c1)NC1CC1. The molecule has 1 saturated carbocycles. The minimum absolute atomic E-state index is 0.603. The smallest absolute Gasteiger partial charge is 0.191 e. The fourth-order valence-corrected chi connectivity index (χ4v) is 1.94. The molecule has 0 unspecified atom stereocenters. The first kappa shape index (κ1) is 15.6. The number of methoxy groups -OCH3 is 1. The maximum absolute atomic E-state index is 5.70. The zero-order valence-electron chi connectivity index (χ0n) is 12.9. The van der Waals surface area contributed by atoms with Crippen molar-refractivity contribution in [3.63, 3.8) is 0 Å². The number of ether oxygens (including phenoxy) is 2. The first-order valence-corrected chi connectivity index (χ1v) is 7.49. The number of guanidine groups is 1. The minimum atomic E-state index is 0.603. The van der Waals surface area contributed by atoms with E-state index >= 15 is 0 Å². The molecule has 0 bridgehead atoms. The summed E-state index contributed by atoms with van der Waals surface area (Å²) < 4.78 is 10.7. The van der Waals surface area contributed by atoms with Crippen molar-refractivity contribution in [2.24, 2.45) is 4.99 Å². The van der Waals surface area contributed by atoms with E-state index in [1.807, 2.05) is 12.1 Å². The molecule has 5 heteroatoms. The maximum Gasteiger partial charge on any atom is 0.191 e. The molecular formula is C16H25N3O2. The molecule has 1 aromatic carbocycles. The van der Waals surface area contributed by atoms with Gasteiger partial charge in [0.25, 0.3) is 0 Å². The van der Waals surface area contributed by atoms with Crippen molar-refractivity contribution in [1.82, 2.24) is 10.6 Å². The summed E-state index contributed by atoms with van der Waals surface area (Å²) >= 11 is 0. The highest BCUT2D eigenvalue weighted by Crippen LogP contribution is 2.18. The van der Waals surface area contributed by atoms with Gasteiger partial charge in [-0.25, -0.2) is 0 Å². The van der Waals surface area contributed by atoms with E-state index in [0.717, 1.165) is 31.3 Å². The lowest BCUT2D eigenvalue weighted by molar-refractivity contribution is 0.172. The first-order valence-electron chi connectivity index (χ1n) is 7.49. The zero-order chi connectivity index (χ0) is 14.9. The maximum atomic E-state index is 5.70. The van der Waals surface area contributed by atoms with Gasteiger partial charge in [-0.1, -0.05) is 12.1 Å². The Morgan fingerprint density at radius 2 is 2.19 bits per heavy atom. The summed E-state index contributed by atoms with van der Waals surface area (Å²) in [6.07, 6.45) is 3.38. The molecule has 0 aromatic heterocycles. The fourth-order valence-electron chi connectivity index (χ4n) is 1.94. The average molecular weight is 291 g/mol. The van der Waals surface area contributed by atoms with Crippen LogP contribution < -0.4 is 15.4 Å². The highest BCUT2D eigenvalue weighted by atomic mass is 16.5. The van der Waals surface area contributed by atoms with E-state index in [-0.39, 0.29) is 0 Å². The van der Waals surface area contributed by atoms with Crippen LogP contribution in [0.25, 0.3) is 0 Å². The Hall–Kier alpha value is -1.75. The van der Waals surface area contributed by atoms with Gasteiger partial charge in [0, 0.05) is 39.8 Å². The third-order valence-corrected chi connectivity index (χ3v) is 3.26. The van der Waals surface area contributed by atoms with Crippen LogP contribution in [0.3, 0.4) is 0 Å². The van der Waals surface area contributed by atoms with Crippen LogP contribution in [0.4, 0.5) is 0 Å². The largest absolute Gasteiger partial charge is 0.493 e. The van der Waals surface area contributed by atoms with Gasteiger partial charge in [-0.05, 0) is 30.5 Å². The van der Waals surface area contributed by atoms with Gasteiger partial charge < -0.3 is 20.1 Å². The molecular weight excluding hydrogens is 266 g/mol. The van der Waals surface area contributed by atoms with Crippen LogP contribution in [0.5, 0.6) is 5.75 Å². The van der Waals surface area contributed by atoms with Crippen LogP contribution in [0.1, 0.15) is 24.8 Å². The predicted octanol–water partition coefficient (Wildman–Crippen LogP) is 1.93. The van der Waals surface area contributed by atoms with Crippen molar-refractivity contribution in [2.45, 2.75) is 31.8 Å². The molecule has 21 heavy (non-hydrogen) atoms. The summed E-state index contributed by atoms with van der Waals surface area (Å²) in [7, 11) is 3.50. The van der Waals surface area contributed by atoms with Gasteiger partial charge >= 0.3 is 0 Å². The summed E-state index contributed by atoms with van der Waals surface area (Å²) in [5.41, 5.74) is 1.18. The Morgan fingerprint density at radius 1 is 1.33 bits per heavy atom. The van der Waals surface area contributed by atoms with Gasteiger partial charge in [0.2, 0.25) is 0 Å². The molecule has 1 fully saturated rings. The van der Waals surface area contributed by atoms with Crippen LogP contribution in [0.2, 0.25) is 0 Å². The number of nitrogens with zero attached hydrogens (tertiary/aromatic N) is 1. The van der Waals surface area contributed by atoms with Crippen LogP contribution in [0, 0.1) is 0 Å². The summed E-state index contributed by atoms with van der Waals surface area (Å²) in [6.45, 7) is 2.14. The quantitative estimate of drug-likeness (QED) is 0.436. The third-order valence-electron chi connectivity index (χ3n) is 3.26. The lowest BCUT2D eigenvalue weighted by atomic mass is 10.2. The summed E-state index contributed by atoms with van der Waals surface area (Å²) in [5.74, 6) is 1.76. The monoisotopic (exact) mass is 291 g/mol. The van der Waals surface area contributed by atoms with Gasteiger partial charge in [-0.2, -0.15) is 0 Å². The Bertz CT molecular complexity index is 459. The minimum Gasteiger partial charge on any atom is -0.493 e. The Balaban J connectivity index is 1.76. The molecule has 0 radical (unpaired) electrons. The summed E-state index contributed by atoms with van der Waals surface area (Å²) in [4.78, 5) is 4.23. The van der Waals surface area contributed by atoms with Crippen molar-refractivity contribution in [3.05, 3.63) is 29.8 Å². The molecule has 1 aromatic rings. The van der Waals surface area contributed by atoms with Crippen molar-refractivity contribution >= 4 is 5.96 Å². The van der Waals surface area contributed by atoms with E-state index in [9.17, 15) is 0 Å². The van der Waals surface area contributed by atoms with E-state index in [2.05, 4.69) is 27.8 Å². The van der Waals surface area contributed by atoms with E-state index in [1.165, 1.54) is 18.4 Å². The number of nitrogens with one attached hydrogen (secondary N) is 2. The molecule has 1 aliphatic carbocycles. The number of benzene rings is 1. The van der Waals surface area contributed by atoms with Crippen molar-refractivity contribution < 1.29 is 9.47 Å². The van der Waals surface area contributed by atoms with Crippen molar-refractivity contribution in [3.8, 4) is 5.75 Å². The molecule has 0 atom stereocenters. The van der Waals surface area contributed by atoms with Crippen LogP contribution >= 0.6 is 0 Å². The molecule has 2 rings (SSSR count). The molecule has 2 N–H and O–H groups in total. The molecule has 0 spiro atoms. The highest BCUT2D eigenvalue weighted by Gasteiger charge is 2.21. The Kier molecular flexibility index (Phi) is 6.34. The number of hydrogen-bond acceptors (Lipinski definition) is 3. The van der Waals surface area contributed by atoms with Crippen LogP contribution in [-0.4, -0.2) is 39.4 Å².